The lowest BCUT2D eigenvalue weighted by Gasteiger charge is -2.20. The van der Waals surface area contributed by atoms with Gasteiger partial charge in [-0.25, -0.2) is 8.42 Å². The van der Waals surface area contributed by atoms with Crippen LogP contribution >= 0.6 is 0 Å². The Kier molecular flexibility index (Phi) is 4.55. The van der Waals surface area contributed by atoms with Crippen molar-refractivity contribution in [2.75, 3.05) is 18.1 Å². The molecule has 0 saturated carbocycles. The standard InChI is InChI=1S/C11H22N2O3S/c1-5-17(15,16)7-6-13-9(4)12-10(8(2)3)11(13)14/h8-10,12H,5-7H2,1-4H3. The number of hydrogen-bond acceptors (Lipinski definition) is 4. The molecule has 1 aliphatic heterocycles. The van der Waals surface area contributed by atoms with Gasteiger partial charge in [0.2, 0.25) is 5.91 Å². The molecule has 1 aliphatic rings. The van der Waals surface area contributed by atoms with Gasteiger partial charge in [-0.05, 0) is 12.8 Å². The average molecular weight is 262 g/mol. The van der Waals surface area contributed by atoms with Crippen molar-refractivity contribution in [3.8, 4) is 0 Å². The minimum Gasteiger partial charge on any atom is -0.325 e. The Labute approximate surface area is 103 Å². The first-order valence-electron chi connectivity index (χ1n) is 6.05. The van der Waals surface area contributed by atoms with E-state index in [0.717, 1.165) is 0 Å². The summed E-state index contributed by atoms with van der Waals surface area (Å²) in [6, 6.07) is -0.186. The van der Waals surface area contributed by atoms with Gasteiger partial charge in [0.15, 0.2) is 9.84 Å². The number of nitrogens with zero attached hydrogens (tertiary/aromatic N) is 1. The van der Waals surface area contributed by atoms with Gasteiger partial charge < -0.3 is 4.90 Å². The van der Waals surface area contributed by atoms with Crippen molar-refractivity contribution in [1.29, 1.82) is 0 Å². The molecule has 0 bridgehead atoms. The number of sulfone groups is 1. The van der Waals surface area contributed by atoms with E-state index in [1.807, 2.05) is 20.8 Å². The second-order valence-corrected chi connectivity index (χ2v) is 7.31. The monoisotopic (exact) mass is 262 g/mol. The van der Waals surface area contributed by atoms with E-state index in [9.17, 15) is 13.2 Å². The summed E-state index contributed by atoms with van der Waals surface area (Å²) in [7, 11) is -3.01. The molecular formula is C11H22N2O3S. The minimum absolute atomic E-state index is 0.0128. The van der Waals surface area contributed by atoms with E-state index in [4.69, 9.17) is 0 Å². The summed E-state index contributed by atoms with van der Waals surface area (Å²) >= 11 is 0. The number of carbonyl (C=O) groups excluding carboxylic acids is 1. The van der Waals surface area contributed by atoms with Crippen molar-refractivity contribution in [2.24, 2.45) is 5.92 Å². The van der Waals surface area contributed by atoms with Crippen molar-refractivity contribution < 1.29 is 13.2 Å². The smallest absolute Gasteiger partial charge is 0.241 e. The fourth-order valence-corrected chi connectivity index (χ4v) is 2.72. The molecule has 100 valence electrons. The molecule has 2 atom stereocenters. The van der Waals surface area contributed by atoms with Crippen LogP contribution in [-0.4, -0.2) is 49.5 Å². The van der Waals surface area contributed by atoms with Crippen molar-refractivity contribution in [1.82, 2.24) is 10.2 Å². The topological polar surface area (TPSA) is 66.5 Å². The van der Waals surface area contributed by atoms with Gasteiger partial charge in [-0.3, -0.25) is 10.1 Å². The van der Waals surface area contributed by atoms with Crippen LogP contribution in [0.25, 0.3) is 0 Å². The maximum atomic E-state index is 12.0. The van der Waals surface area contributed by atoms with E-state index < -0.39 is 9.84 Å². The molecule has 6 heteroatoms. The van der Waals surface area contributed by atoms with E-state index in [0.29, 0.717) is 0 Å². The van der Waals surface area contributed by atoms with E-state index in [1.54, 1.807) is 11.8 Å². The van der Waals surface area contributed by atoms with Crippen LogP contribution in [-0.2, 0) is 14.6 Å². The Morgan fingerprint density at radius 2 is 2.00 bits per heavy atom. The molecule has 2 unspecified atom stereocenters. The predicted molar refractivity (Wildman–Crippen MR) is 67.3 cm³/mol. The highest BCUT2D eigenvalue weighted by Gasteiger charge is 2.38. The Hall–Kier alpha value is -0.620. The summed E-state index contributed by atoms with van der Waals surface area (Å²) in [6.45, 7) is 7.76. The normalized spacial score (nSPS) is 25.9. The van der Waals surface area contributed by atoms with Crippen LogP contribution in [0, 0.1) is 5.92 Å². The third-order valence-corrected chi connectivity index (χ3v) is 4.87. The van der Waals surface area contributed by atoms with Gasteiger partial charge >= 0.3 is 0 Å². The molecule has 1 heterocycles. The van der Waals surface area contributed by atoms with Crippen LogP contribution < -0.4 is 5.32 Å². The largest absolute Gasteiger partial charge is 0.325 e. The molecule has 1 fully saturated rings. The van der Waals surface area contributed by atoms with Gasteiger partial charge in [0, 0.05) is 12.3 Å². The molecule has 1 rings (SSSR count). The Morgan fingerprint density at radius 1 is 1.41 bits per heavy atom. The fraction of sp³-hybridized carbons (Fsp3) is 0.909. The van der Waals surface area contributed by atoms with Crippen LogP contribution in [0.1, 0.15) is 27.7 Å². The molecule has 5 nitrogen and oxygen atoms in total. The highest BCUT2D eigenvalue weighted by molar-refractivity contribution is 7.91. The highest BCUT2D eigenvalue weighted by atomic mass is 32.2. The zero-order valence-electron chi connectivity index (χ0n) is 10.9. The molecule has 0 aliphatic carbocycles. The predicted octanol–water partition coefficient (Wildman–Crippen LogP) is 0.224. The van der Waals surface area contributed by atoms with Gasteiger partial charge in [0.25, 0.3) is 0 Å². The summed E-state index contributed by atoms with van der Waals surface area (Å²) in [5.74, 6) is 0.410. The molecule has 0 spiro atoms. The van der Waals surface area contributed by atoms with Crippen molar-refractivity contribution in [3.63, 3.8) is 0 Å². The van der Waals surface area contributed by atoms with Gasteiger partial charge in [-0.15, -0.1) is 0 Å². The van der Waals surface area contributed by atoms with E-state index in [-0.39, 0.29) is 42.1 Å². The number of carbonyl (C=O) groups is 1. The molecule has 0 radical (unpaired) electrons. The van der Waals surface area contributed by atoms with Crippen LogP contribution in [0.5, 0.6) is 0 Å². The summed E-state index contributed by atoms with van der Waals surface area (Å²) in [5, 5.41) is 3.19. The highest BCUT2D eigenvalue weighted by Crippen LogP contribution is 2.16. The lowest BCUT2D eigenvalue weighted by Crippen LogP contribution is -2.38. The van der Waals surface area contributed by atoms with Gasteiger partial charge in [-0.1, -0.05) is 20.8 Å². The van der Waals surface area contributed by atoms with Gasteiger partial charge in [-0.2, -0.15) is 0 Å². The first kappa shape index (κ1) is 14.4. The zero-order chi connectivity index (χ0) is 13.2. The lowest BCUT2D eigenvalue weighted by molar-refractivity contribution is -0.130. The summed E-state index contributed by atoms with van der Waals surface area (Å²) in [4.78, 5) is 13.7. The molecule has 0 aromatic carbocycles. The minimum atomic E-state index is -3.01. The second-order valence-electron chi connectivity index (χ2n) is 4.83. The Morgan fingerprint density at radius 3 is 2.41 bits per heavy atom. The second kappa shape index (κ2) is 5.35. The molecule has 1 N–H and O–H groups in total. The number of nitrogens with one attached hydrogen (secondary N) is 1. The van der Waals surface area contributed by atoms with Crippen LogP contribution in [0.2, 0.25) is 0 Å². The van der Waals surface area contributed by atoms with Crippen LogP contribution in [0.15, 0.2) is 0 Å². The molecule has 0 aromatic rings. The maximum Gasteiger partial charge on any atom is 0.241 e. The average Bonchev–Trinajstić information content (AvgIpc) is 2.52. The summed E-state index contributed by atoms with van der Waals surface area (Å²) in [6.07, 6.45) is -0.0815. The summed E-state index contributed by atoms with van der Waals surface area (Å²) < 4.78 is 22.9. The van der Waals surface area contributed by atoms with E-state index >= 15 is 0 Å². The quantitative estimate of drug-likeness (QED) is 0.770. The molecule has 17 heavy (non-hydrogen) atoms. The third kappa shape index (κ3) is 3.42. The lowest BCUT2D eigenvalue weighted by atomic mass is 10.1. The fourth-order valence-electron chi connectivity index (χ4n) is 1.95. The zero-order valence-corrected chi connectivity index (χ0v) is 11.8. The molecule has 1 saturated heterocycles. The number of rotatable bonds is 5. The van der Waals surface area contributed by atoms with Gasteiger partial charge in [0.05, 0.1) is 18.0 Å². The maximum absolute atomic E-state index is 12.0. The first-order chi connectivity index (χ1) is 7.78. The third-order valence-electron chi connectivity index (χ3n) is 3.19. The Balaban J connectivity index is 2.64. The SMILES string of the molecule is CCS(=O)(=O)CCN1C(=O)C(C(C)C)NC1C. The molecule has 0 aromatic heterocycles. The van der Waals surface area contributed by atoms with E-state index in [2.05, 4.69) is 5.32 Å². The van der Waals surface area contributed by atoms with Crippen molar-refractivity contribution in [2.45, 2.75) is 39.9 Å². The van der Waals surface area contributed by atoms with Crippen molar-refractivity contribution >= 4 is 15.7 Å². The molecular weight excluding hydrogens is 240 g/mol. The first-order valence-corrected chi connectivity index (χ1v) is 7.87. The molecule has 1 amide bonds. The van der Waals surface area contributed by atoms with E-state index in [1.165, 1.54) is 0 Å². The number of amides is 1. The number of hydrogen-bond donors (Lipinski definition) is 1. The van der Waals surface area contributed by atoms with Crippen LogP contribution in [0.3, 0.4) is 0 Å². The summed E-state index contributed by atoms with van der Waals surface area (Å²) in [5.41, 5.74) is 0. The van der Waals surface area contributed by atoms with Crippen molar-refractivity contribution in [3.05, 3.63) is 0 Å². The Bertz CT molecular complexity index is 378. The van der Waals surface area contributed by atoms with Crippen LogP contribution in [0.4, 0.5) is 0 Å². The van der Waals surface area contributed by atoms with Gasteiger partial charge in [0.1, 0.15) is 0 Å².